The molecule has 3 aliphatic heterocycles. The Morgan fingerprint density at radius 3 is 2.79 bits per heavy atom. The van der Waals surface area contributed by atoms with Crippen LogP contribution in [0.15, 0.2) is 28.7 Å². The van der Waals surface area contributed by atoms with Crippen LogP contribution in [0.5, 0.6) is 0 Å². The molecule has 0 radical (unpaired) electrons. The molecule has 0 aliphatic carbocycles. The number of imide groups is 1. The Hall–Kier alpha value is -3.10. The summed E-state index contributed by atoms with van der Waals surface area (Å²) >= 11 is 0. The Labute approximate surface area is 160 Å². The van der Waals surface area contributed by atoms with Crippen LogP contribution in [0.25, 0.3) is 11.1 Å². The summed E-state index contributed by atoms with van der Waals surface area (Å²) in [7, 11) is 0. The van der Waals surface area contributed by atoms with Gasteiger partial charge in [0.1, 0.15) is 11.6 Å². The number of anilines is 1. The number of rotatable bonds is 3. The maximum atomic E-state index is 13.2. The van der Waals surface area contributed by atoms with Gasteiger partial charge >= 0.3 is 6.09 Å². The lowest BCUT2D eigenvalue weighted by Crippen LogP contribution is -2.47. The van der Waals surface area contributed by atoms with E-state index in [1.54, 1.807) is 4.90 Å². The van der Waals surface area contributed by atoms with E-state index in [4.69, 9.17) is 9.15 Å². The van der Waals surface area contributed by atoms with Crippen LogP contribution in [-0.2, 0) is 14.3 Å². The van der Waals surface area contributed by atoms with Gasteiger partial charge in [0.15, 0.2) is 12.2 Å². The average Bonchev–Trinajstić information content (AvgIpc) is 3.47. The van der Waals surface area contributed by atoms with E-state index in [2.05, 4.69) is 4.98 Å². The number of hydrogen-bond acceptors (Lipinski definition) is 7. The molecular weight excluding hydrogens is 364 g/mol. The number of nitrogens with zero attached hydrogens (tertiary/aromatic N) is 4. The molecule has 0 N–H and O–H groups in total. The number of benzene rings is 1. The minimum atomic E-state index is -0.613. The first kappa shape index (κ1) is 17.0. The topological polar surface area (TPSA) is 96.2 Å². The highest BCUT2D eigenvalue weighted by molar-refractivity contribution is 5.98. The van der Waals surface area contributed by atoms with Crippen LogP contribution < -0.4 is 4.90 Å². The smallest absolute Gasteiger partial charge is 0.417 e. The van der Waals surface area contributed by atoms with Crippen molar-refractivity contribution in [3.05, 3.63) is 24.3 Å². The van der Waals surface area contributed by atoms with Gasteiger partial charge in [-0.15, -0.1) is 0 Å². The fraction of sp³-hybridized carbons (Fsp3) is 0.474. The summed E-state index contributed by atoms with van der Waals surface area (Å²) in [5.41, 5.74) is 1.46. The molecule has 2 atom stereocenters. The molecule has 0 saturated carbocycles. The summed E-state index contributed by atoms with van der Waals surface area (Å²) in [5, 5.41) is 0. The second-order valence-corrected chi connectivity index (χ2v) is 7.36. The van der Waals surface area contributed by atoms with Gasteiger partial charge in [0.25, 0.3) is 11.9 Å². The first-order valence-electron chi connectivity index (χ1n) is 9.51. The largest absolute Gasteiger partial charge is 0.439 e. The Balaban J connectivity index is 1.32. The number of amides is 3. The molecule has 28 heavy (non-hydrogen) atoms. The molecule has 1 aromatic carbocycles. The lowest BCUT2D eigenvalue weighted by molar-refractivity contribution is -0.132. The molecule has 9 heteroatoms. The zero-order chi connectivity index (χ0) is 19.3. The third-order valence-electron chi connectivity index (χ3n) is 5.69. The molecule has 5 rings (SSSR count). The monoisotopic (exact) mass is 384 g/mol. The van der Waals surface area contributed by atoms with Gasteiger partial charge in [0.05, 0.1) is 6.04 Å². The summed E-state index contributed by atoms with van der Waals surface area (Å²) in [4.78, 5) is 46.1. The minimum absolute atomic E-state index is 0.0118. The maximum Gasteiger partial charge on any atom is 0.417 e. The van der Waals surface area contributed by atoms with Crippen LogP contribution in [0.2, 0.25) is 0 Å². The van der Waals surface area contributed by atoms with E-state index >= 15 is 0 Å². The van der Waals surface area contributed by atoms with Gasteiger partial charge < -0.3 is 19.0 Å². The maximum absolute atomic E-state index is 13.2. The van der Waals surface area contributed by atoms with E-state index in [-0.39, 0.29) is 30.5 Å². The van der Waals surface area contributed by atoms with E-state index in [1.165, 1.54) is 0 Å². The number of ether oxygens (including phenoxy) is 1. The summed E-state index contributed by atoms with van der Waals surface area (Å²) in [6.45, 7) is 1.35. The number of cyclic esters (lactones) is 1. The predicted octanol–water partition coefficient (Wildman–Crippen LogP) is 1.38. The highest BCUT2D eigenvalue weighted by atomic mass is 16.6. The Morgan fingerprint density at radius 1 is 1.14 bits per heavy atom. The molecular formula is C19H20N4O5. The number of aromatic nitrogens is 1. The predicted molar refractivity (Wildman–Crippen MR) is 97.6 cm³/mol. The molecule has 2 aromatic rings. The number of carbonyl (C=O) groups excluding carboxylic acids is 3. The number of para-hydroxylation sites is 2. The van der Waals surface area contributed by atoms with Crippen LogP contribution in [0.4, 0.5) is 10.8 Å². The van der Waals surface area contributed by atoms with Gasteiger partial charge in [-0.25, -0.2) is 9.69 Å². The molecule has 0 spiro atoms. The molecule has 3 amide bonds. The molecule has 3 fully saturated rings. The fourth-order valence-corrected chi connectivity index (χ4v) is 4.32. The first-order valence-corrected chi connectivity index (χ1v) is 9.51. The molecule has 3 saturated heterocycles. The summed E-state index contributed by atoms with van der Waals surface area (Å²) in [6, 6.07) is 7.34. The average molecular weight is 384 g/mol. The standard InChI is InChI=1S/C19H20N4O5/c24-16-11-27-19(26)23(16)12-7-9-21(10-12)17(25)14-5-3-8-22(14)18-20-13-4-1-2-6-15(13)28-18/h1-2,4,6,12,14H,3,5,7-11H2. The van der Waals surface area contributed by atoms with Crippen molar-refractivity contribution in [3.8, 4) is 0 Å². The third-order valence-corrected chi connectivity index (χ3v) is 5.69. The number of fused-ring (bicyclic) bond motifs is 1. The number of carbonyl (C=O) groups is 3. The van der Waals surface area contributed by atoms with Crippen LogP contribution in [0.3, 0.4) is 0 Å². The Kier molecular flexibility index (Phi) is 3.96. The molecule has 4 heterocycles. The molecule has 0 bridgehead atoms. The SMILES string of the molecule is O=C(C1CCCN1c1nc2ccccc2o1)N1CCC(N2C(=O)COC2=O)C1. The van der Waals surface area contributed by atoms with Crippen molar-refractivity contribution in [2.24, 2.45) is 0 Å². The van der Waals surface area contributed by atoms with Crippen molar-refractivity contribution in [3.63, 3.8) is 0 Å². The Morgan fingerprint density at radius 2 is 2.00 bits per heavy atom. The van der Waals surface area contributed by atoms with Gasteiger partial charge in [-0.1, -0.05) is 12.1 Å². The van der Waals surface area contributed by atoms with E-state index in [9.17, 15) is 14.4 Å². The van der Waals surface area contributed by atoms with Crippen LogP contribution in [0, 0.1) is 0 Å². The van der Waals surface area contributed by atoms with Crippen molar-refractivity contribution >= 4 is 35.0 Å². The minimum Gasteiger partial charge on any atom is -0.439 e. The number of hydrogen-bond donors (Lipinski definition) is 0. The van der Waals surface area contributed by atoms with Crippen molar-refractivity contribution < 1.29 is 23.5 Å². The third kappa shape index (κ3) is 2.69. The van der Waals surface area contributed by atoms with Gasteiger partial charge in [-0.3, -0.25) is 9.59 Å². The highest BCUT2D eigenvalue weighted by Crippen LogP contribution is 2.30. The van der Waals surface area contributed by atoms with Gasteiger partial charge in [0, 0.05) is 19.6 Å². The normalized spacial score (nSPS) is 25.2. The molecule has 3 aliphatic rings. The number of likely N-dealkylation sites (tertiary alicyclic amines) is 1. The number of oxazole rings is 1. The van der Waals surface area contributed by atoms with Crippen LogP contribution in [-0.4, -0.2) is 71.0 Å². The second kappa shape index (κ2) is 6.50. The quantitative estimate of drug-likeness (QED) is 0.789. The van der Waals surface area contributed by atoms with E-state index in [0.717, 1.165) is 23.3 Å². The van der Waals surface area contributed by atoms with Crippen molar-refractivity contribution in [1.29, 1.82) is 0 Å². The fourth-order valence-electron chi connectivity index (χ4n) is 4.32. The zero-order valence-corrected chi connectivity index (χ0v) is 15.2. The zero-order valence-electron chi connectivity index (χ0n) is 15.2. The lowest BCUT2D eigenvalue weighted by atomic mass is 10.2. The van der Waals surface area contributed by atoms with Gasteiger partial charge in [0.2, 0.25) is 5.91 Å². The summed E-state index contributed by atoms with van der Waals surface area (Å²) < 4.78 is 10.7. The summed E-state index contributed by atoms with van der Waals surface area (Å²) in [6.07, 6.45) is 1.56. The van der Waals surface area contributed by atoms with Crippen molar-refractivity contribution in [2.75, 3.05) is 31.1 Å². The van der Waals surface area contributed by atoms with E-state index < -0.39 is 6.09 Å². The van der Waals surface area contributed by atoms with E-state index in [0.29, 0.717) is 37.7 Å². The van der Waals surface area contributed by atoms with Gasteiger partial charge in [-0.05, 0) is 31.4 Å². The molecule has 2 unspecified atom stereocenters. The van der Waals surface area contributed by atoms with Crippen molar-refractivity contribution in [1.82, 2.24) is 14.8 Å². The second-order valence-electron chi connectivity index (χ2n) is 7.36. The first-order chi connectivity index (χ1) is 13.6. The van der Waals surface area contributed by atoms with Crippen molar-refractivity contribution in [2.45, 2.75) is 31.3 Å². The lowest BCUT2D eigenvalue weighted by Gasteiger charge is -2.27. The summed E-state index contributed by atoms with van der Waals surface area (Å²) in [5.74, 6) is -0.347. The van der Waals surface area contributed by atoms with Crippen LogP contribution in [0.1, 0.15) is 19.3 Å². The highest BCUT2D eigenvalue weighted by Gasteiger charge is 2.44. The Bertz CT molecular complexity index is 908. The molecule has 146 valence electrons. The van der Waals surface area contributed by atoms with Crippen LogP contribution >= 0.6 is 0 Å². The van der Waals surface area contributed by atoms with E-state index in [1.807, 2.05) is 29.2 Å². The molecule has 9 nitrogen and oxygen atoms in total. The van der Waals surface area contributed by atoms with Gasteiger partial charge in [-0.2, -0.15) is 4.98 Å². The molecule has 1 aromatic heterocycles.